The Morgan fingerprint density at radius 2 is 1.29 bits per heavy atom. The highest BCUT2D eigenvalue weighted by atomic mass is 16.5. The van der Waals surface area contributed by atoms with Crippen molar-refractivity contribution in [2.75, 3.05) is 14.2 Å². The van der Waals surface area contributed by atoms with Crippen molar-refractivity contribution in [2.45, 2.75) is 26.7 Å². The van der Waals surface area contributed by atoms with E-state index in [4.69, 9.17) is 0 Å². The minimum absolute atomic E-state index is 0.340. The smallest absolute Gasteiger partial charge is 0.354 e. The summed E-state index contributed by atoms with van der Waals surface area (Å²) in [6.45, 7) is 3.85. The van der Waals surface area contributed by atoms with Crippen LogP contribution in [0.25, 0.3) is 0 Å². The molecular weight excluding hydrogens is 222 g/mol. The Kier molecular flexibility index (Phi) is 4.31. The SMILES string of the molecule is CCc1c(C(=O)OC)[nH]c(C(=O)OC)c1CC. The highest BCUT2D eigenvalue weighted by molar-refractivity contribution is 5.96. The summed E-state index contributed by atoms with van der Waals surface area (Å²) in [7, 11) is 2.62. The molecule has 0 aliphatic heterocycles. The number of methoxy groups -OCH3 is 2. The molecule has 0 saturated heterocycles. The normalized spacial score (nSPS) is 10.1. The van der Waals surface area contributed by atoms with Crippen LogP contribution < -0.4 is 0 Å². The van der Waals surface area contributed by atoms with Crippen LogP contribution in [0.1, 0.15) is 46.0 Å². The second-order valence-corrected chi connectivity index (χ2v) is 3.52. The monoisotopic (exact) mass is 239 g/mol. The number of hydrogen-bond acceptors (Lipinski definition) is 4. The Balaban J connectivity index is 3.38. The first-order chi connectivity index (χ1) is 8.10. The zero-order valence-corrected chi connectivity index (χ0v) is 10.5. The summed E-state index contributed by atoms with van der Waals surface area (Å²) in [4.78, 5) is 26.0. The van der Waals surface area contributed by atoms with Gasteiger partial charge in [-0.25, -0.2) is 9.59 Å². The Bertz CT molecular complexity index is 395. The molecule has 1 heterocycles. The number of aromatic nitrogens is 1. The molecular formula is C12H17NO4. The molecule has 0 bridgehead atoms. The Morgan fingerprint density at radius 1 is 0.941 bits per heavy atom. The molecule has 0 saturated carbocycles. The van der Waals surface area contributed by atoms with Crippen LogP contribution in [0.4, 0.5) is 0 Å². The third-order valence-electron chi connectivity index (χ3n) is 2.70. The molecule has 0 aliphatic carbocycles. The van der Waals surface area contributed by atoms with Gasteiger partial charge in [0.25, 0.3) is 0 Å². The summed E-state index contributed by atoms with van der Waals surface area (Å²) in [6, 6.07) is 0. The minimum atomic E-state index is -0.466. The summed E-state index contributed by atoms with van der Waals surface area (Å²) in [6.07, 6.45) is 1.31. The van der Waals surface area contributed by atoms with Crippen LogP contribution in [-0.4, -0.2) is 31.1 Å². The van der Waals surface area contributed by atoms with Gasteiger partial charge in [0.05, 0.1) is 14.2 Å². The zero-order valence-electron chi connectivity index (χ0n) is 10.5. The summed E-state index contributed by atoms with van der Waals surface area (Å²) < 4.78 is 9.37. The van der Waals surface area contributed by atoms with Crippen LogP contribution in [-0.2, 0) is 22.3 Å². The van der Waals surface area contributed by atoms with Crippen LogP contribution in [0.3, 0.4) is 0 Å². The molecule has 0 radical (unpaired) electrons. The van der Waals surface area contributed by atoms with Gasteiger partial charge in [0.2, 0.25) is 0 Å². The van der Waals surface area contributed by atoms with Gasteiger partial charge in [-0.3, -0.25) is 0 Å². The summed E-state index contributed by atoms with van der Waals surface area (Å²) in [5.74, 6) is -0.932. The predicted molar refractivity (Wildman–Crippen MR) is 62.2 cm³/mol. The van der Waals surface area contributed by atoms with E-state index in [0.29, 0.717) is 24.2 Å². The molecule has 0 unspecified atom stereocenters. The first-order valence-corrected chi connectivity index (χ1v) is 5.50. The van der Waals surface area contributed by atoms with Crippen molar-refractivity contribution in [1.82, 2.24) is 4.98 Å². The topological polar surface area (TPSA) is 68.4 Å². The number of esters is 2. The zero-order chi connectivity index (χ0) is 13.0. The summed E-state index contributed by atoms with van der Waals surface area (Å²) >= 11 is 0. The van der Waals surface area contributed by atoms with Crippen molar-refractivity contribution in [3.63, 3.8) is 0 Å². The summed E-state index contributed by atoms with van der Waals surface area (Å²) in [5, 5.41) is 0. The maximum atomic E-state index is 11.6. The molecule has 0 aromatic carbocycles. The van der Waals surface area contributed by atoms with Gasteiger partial charge in [-0.15, -0.1) is 0 Å². The minimum Gasteiger partial charge on any atom is -0.464 e. The summed E-state index contributed by atoms with van der Waals surface area (Å²) in [5.41, 5.74) is 2.32. The van der Waals surface area contributed by atoms with Crippen molar-refractivity contribution in [2.24, 2.45) is 0 Å². The van der Waals surface area contributed by atoms with E-state index in [9.17, 15) is 9.59 Å². The van der Waals surface area contributed by atoms with Crippen LogP contribution in [0.5, 0.6) is 0 Å². The Morgan fingerprint density at radius 3 is 1.53 bits per heavy atom. The fourth-order valence-electron chi connectivity index (χ4n) is 1.91. The van der Waals surface area contributed by atoms with Crippen molar-refractivity contribution in [3.05, 3.63) is 22.5 Å². The molecule has 1 N–H and O–H groups in total. The highest BCUT2D eigenvalue weighted by Gasteiger charge is 2.24. The number of hydrogen-bond donors (Lipinski definition) is 1. The lowest BCUT2D eigenvalue weighted by atomic mass is 10.0. The highest BCUT2D eigenvalue weighted by Crippen LogP contribution is 2.22. The third-order valence-corrected chi connectivity index (χ3v) is 2.70. The van der Waals surface area contributed by atoms with E-state index in [0.717, 1.165) is 11.1 Å². The average Bonchev–Trinajstić information content (AvgIpc) is 2.74. The molecule has 94 valence electrons. The maximum absolute atomic E-state index is 11.6. The molecule has 1 aromatic heterocycles. The molecule has 0 aliphatic rings. The molecule has 1 rings (SSSR count). The molecule has 5 nitrogen and oxygen atoms in total. The van der Waals surface area contributed by atoms with E-state index < -0.39 is 11.9 Å². The van der Waals surface area contributed by atoms with Crippen LogP contribution in [0.2, 0.25) is 0 Å². The van der Waals surface area contributed by atoms with E-state index in [1.54, 1.807) is 0 Å². The molecule has 1 aromatic rings. The van der Waals surface area contributed by atoms with Crippen molar-refractivity contribution in [3.8, 4) is 0 Å². The number of ether oxygens (including phenoxy) is 2. The van der Waals surface area contributed by atoms with Gasteiger partial charge in [0.1, 0.15) is 11.4 Å². The maximum Gasteiger partial charge on any atom is 0.354 e. The quantitative estimate of drug-likeness (QED) is 0.812. The van der Waals surface area contributed by atoms with E-state index in [1.165, 1.54) is 14.2 Å². The number of carbonyl (C=O) groups is 2. The molecule has 17 heavy (non-hydrogen) atoms. The fourth-order valence-corrected chi connectivity index (χ4v) is 1.91. The largest absolute Gasteiger partial charge is 0.464 e. The van der Waals surface area contributed by atoms with E-state index in [-0.39, 0.29) is 0 Å². The molecule has 0 fully saturated rings. The average molecular weight is 239 g/mol. The lowest BCUT2D eigenvalue weighted by Crippen LogP contribution is -2.06. The lowest BCUT2D eigenvalue weighted by Gasteiger charge is -2.02. The number of aromatic amines is 1. The van der Waals surface area contributed by atoms with E-state index >= 15 is 0 Å². The van der Waals surface area contributed by atoms with Crippen LogP contribution in [0.15, 0.2) is 0 Å². The van der Waals surface area contributed by atoms with Crippen LogP contribution in [0, 0.1) is 0 Å². The molecule has 0 atom stereocenters. The fraction of sp³-hybridized carbons (Fsp3) is 0.500. The number of H-pyrrole nitrogens is 1. The van der Waals surface area contributed by atoms with E-state index in [1.807, 2.05) is 13.8 Å². The lowest BCUT2D eigenvalue weighted by molar-refractivity contribution is 0.0589. The van der Waals surface area contributed by atoms with Crippen molar-refractivity contribution in [1.29, 1.82) is 0 Å². The number of nitrogens with one attached hydrogen (secondary N) is 1. The number of rotatable bonds is 4. The van der Waals surface area contributed by atoms with Gasteiger partial charge in [-0.05, 0) is 24.0 Å². The van der Waals surface area contributed by atoms with Gasteiger partial charge in [0.15, 0.2) is 0 Å². The van der Waals surface area contributed by atoms with Gasteiger partial charge < -0.3 is 14.5 Å². The number of carbonyl (C=O) groups excluding carboxylic acids is 2. The van der Waals surface area contributed by atoms with Crippen molar-refractivity contribution >= 4 is 11.9 Å². The molecule has 5 heteroatoms. The van der Waals surface area contributed by atoms with Gasteiger partial charge >= 0.3 is 11.9 Å². The van der Waals surface area contributed by atoms with Gasteiger partial charge in [0, 0.05) is 0 Å². The Hall–Kier alpha value is -1.78. The second-order valence-electron chi connectivity index (χ2n) is 3.52. The van der Waals surface area contributed by atoms with Gasteiger partial charge in [-0.2, -0.15) is 0 Å². The standard InChI is InChI=1S/C12H17NO4/c1-5-7-8(6-2)10(12(15)17-4)13-9(7)11(14)16-3/h13H,5-6H2,1-4H3. The van der Waals surface area contributed by atoms with Crippen LogP contribution >= 0.6 is 0 Å². The first-order valence-electron chi connectivity index (χ1n) is 5.50. The van der Waals surface area contributed by atoms with Gasteiger partial charge in [-0.1, -0.05) is 13.8 Å². The first kappa shape index (κ1) is 13.3. The third kappa shape index (κ3) is 2.33. The second kappa shape index (κ2) is 5.52. The molecule has 0 amide bonds. The Labute approximate surface area is 100 Å². The van der Waals surface area contributed by atoms with Crippen molar-refractivity contribution < 1.29 is 19.1 Å². The van der Waals surface area contributed by atoms with E-state index in [2.05, 4.69) is 14.5 Å². The molecule has 0 spiro atoms. The predicted octanol–water partition coefficient (Wildman–Crippen LogP) is 1.71.